The summed E-state index contributed by atoms with van der Waals surface area (Å²) in [6, 6.07) is 64.7. The van der Waals surface area contributed by atoms with Gasteiger partial charge in [0, 0.05) is 38.4 Å². The number of para-hydroxylation sites is 1. The minimum Gasteiger partial charge on any atom is -0.455 e. The maximum Gasteiger partial charge on any atom is 0.143 e. The van der Waals surface area contributed by atoms with Crippen molar-refractivity contribution in [3.8, 4) is 44.7 Å². The van der Waals surface area contributed by atoms with E-state index in [9.17, 15) is 0 Å². The Labute approximate surface area is 299 Å². The summed E-state index contributed by atoms with van der Waals surface area (Å²) in [6.45, 7) is 0. The lowest BCUT2D eigenvalue weighted by Gasteiger charge is -2.18. The van der Waals surface area contributed by atoms with Crippen molar-refractivity contribution in [2.45, 2.75) is 0 Å². The maximum absolute atomic E-state index is 6.98. The van der Waals surface area contributed by atoms with E-state index in [1.807, 2.05) is 6.07 Å². The van der Waals surface area contributed by atoms with Crippen LogP contribution in [-0.2, 0) is 0 Å². The molecule has 0 saturated carbocycles. The van der Waals surface area contributed by atoms with Gasteiger partial charge in [0.2, 0.25) is 0 Å². The maximum atomic E-state index is 6.98. The zero-order chi connectivity index (χ0) is 34.2. The van der Waals surface area contributed by atoms with Gasteiger partial charge in [-0.3, -0.25) is 0 Å². The van der Waals surface area contributed by atoms with Gasteiger partial charge >= 0.3 is 0 Å². The molecule has 0 N–H and O–H groups in total. The van der Waals surface area contributed by atoms with E-state index >= 15 is 0 Å². The highest BCUT2D eigenvalue weighted by atomic mass is 16.3. The Morgan fingerprint density at radius 2 is 0.769 bits per heavy atom. The highest BCUT2D eigenvalue weighted by Crippen LogP contribution is 2.50. The summed E-state index contributed by atoms with van der Waals surface area (Å²) >= 11 is 0. The molecule has 0 saturated heterocycles. The van der Waals surface area contributed by atoms with Crippen molar-refractivity contribution in [2.24, 2.45) is 0 Å². The van der Waals surface area contributed by atoms with Gasteiger partial charge in [0.05, 0.1) is 0 Å². The van der Waals surface area contributed by atoms with Crippen LogP contribution in [-0.4, -0.2) is 0 Å². The smallest absolute Gasteiger partial charge is 0.143 e. The van der Waals surface area contributed by atoms with Crippen molar-refractivity contribution in [3.63, 3.8) is 0 Å². The van der Waals surface area contributed by atoms with Crippen LogP contribution in [0, 0.1) is 0 Å². The normalized spacial score (nSPS) is 11.8. The summed E-state index contributed by atoms with van der Waals surface area (Å²) in [6.07, 6.45) is 0. The summed E-state index contributed by atoms with van der Waals surface area (Å²) in [7, 11) is 0. The molecule has 0 aliphatic rings. The molecule has 52 heavy (non-hydrogen) atoms. The third kappa shape index (κ3) is 4.19. The summed E-state index contributed by atoms with van der Waals surface area (Å²) in [5.74, 6) is 0.862. The third-order valence-corrected chi connectivity index (χ3v) is 10.7. The van der Waals surface area contributed by atoms with Crippen LogP contribution in [0.25, 0.3) is 110 Å². The van der Waals surface area contributed by atoms with E-state index in [1.54, 1.807) is 0 Å². The molecule has 0 fully saturated rings. The van der Waals surface area contributed by atoms with E-state index in [1.165, 1.54) is 49.0 Å². The lowest BCUT2D eigenvalue weighted by molar-refractivity contribution is 0.632. The summed E-state index contributed by atoms with van der Waals surface area (Å²) in [4.78, 5) is 0. The second kappa shape index (κ2) is 11.3. The molecule has 11 aromatic rings. The van der Waals surface area contributed by atoms with Crippen molar-refractivity contribution < 1.29 is 8.83 Å². The molecule has 2 aromatic heterocycles. The molecule has 9 aromatic carbocycles. The minimum atomic E-state index is 0.841. The number of benzene rings is 9. The third-order valence-electron chi connectivity index (χ3n) is 10.7. The van der Waals surface area contributed by atoms with Gasteiger partial charge in [0.1, 0.15) is 22.5 Å². The van der Waals surface area contributed by atoms with Crippen LogP contribution in [0.15, 0.2) is 191 Å². The second-order valence-electron chi connectivity index (χ2n) is 13.5. The first kappa shape index (κ1) is 28.9. The molecule has 0 spiro atoms. The van der Waals surface area contributed by atoms with E-state index in [0.29, 0.717) is 0 Å². The zero-order valence-electron chi connectivity index (χ0n) is 28.1. The number of hydrogen-bond donors (Lipinski definition) is 0. The van der Waals surface area contributed by atoms with Crippen molar-refractivity contribution in [3.05, 3.63) is 182 Å². The van der Waals surface area contributed by atoms with Crippen molar-refractivity contribution in [2.75, 3.05) is 0 Å². The van der Waals surface area contributed by atoms with Crippen molar-refractivity contribution >= 4 is 65.2 Å². The molecule has 0 amide bonds. The molecule has 242 valence electrons. The highest BCUT2D eigenvalue weighted by Gasteiger charge is 2.25. The first-order valence-electron chi connectivity index (χ1n) is 17.8. The predicted octanol–water partition coefficient (Wildman–Crippen LogP) is 14.5. The van der Waals surface area contributed by atoms with Gasteiger partial charge in [0.15, 0.2) is 0 Å². The van der Waals surface area contributed by atoms with Gasteiger partial charge in [-0.1, -0.05) is 170 Å². The van der Waals surface area contributed by atoms with Crippen LogP contribution in [0.4, 0.5) is 0 Å². The Balaban J connectivity index is 1.25. The van der Waals surface area contributed by atoms with Crippen LogP contribution in [0.2, 0.25) is 0 Å². The second-order valence-corrected chi connectivity index (χ2v) is 13.5. The minimum absolute atomic E-state index is 0.841. The molecule has 0 aliphatic heterocycles. The van der Waals surface area contributed by atoms with Gasteiger partial charge < -0.3 is 8.83 Å². The van der Waals surface area contributed by atoms with Crippen LogP contribution in [0.5, 0.6) is 0 Å². The van der Waals surface area contributed by atoms with Crippen LogP contribution in [0.3, 0.4) is 0 Å². The first-order chi connectivity index (χ1) is 25.8. The van der Waals surface area contributed by atoms with Crippen LogP contribution >= 0.6 is 0 Å². The molecule has 0 aliphatic carbocycles. The monoisotopic (exact) mass is 662 g/mol. The fraction of sp³-hybridized carbons (Fsp3) is 0. The Morgan fingerprint density at radius 1 is 0.288 bits per heavy atom. The molecule has 2 heteroatoms. The van der Waals surface area contributed by atoms with Gasteiger partial charge in [0.25, 0.3) is 0 Å². The lowest BCUT2D eigenvalue weighted by atomic mass is 9.84. The largest absolute Gasteiger partial charge is 0.455 e. The molecule has 2 heterocycles. The van der Waals surface area contributed by atoms with Gasteiger partial charge in [-0.15, -0.1) is 0 Å². The molecular weight excluding hydrogens is 633 g/mol. The summed E-state index contributed by atoms with van der Waals surface area (Å²) in [5, 5.41) is 10.5. The number of rotatable bonds is 4. The summed E-state index contributed by atoms with van der Waals surface area (Å²) < 4.78 is 13.7. The Hall–Kier alpha value is -6.90. The van der Waals surface area contributed by atoms with Gasteiger partial charge in [-0.05, 0) is 61.1 Å². The van der Waals surface area contributed by atoms with Gasteiger partial charge in [-0.2, -0.15) is 0 Å². The lowest BCUT2D eigenvalue weighted by Crippen LogP contribution is -1.91. The first-order valence-corrected chi connectivity index (χ1v) is 17.8. The van der Waals surface area contributed by atoms with E-state index < -0.39 is 0 Å². The summed E-state index contributed by atoms with van der Waals surface area (Å²) in [5.41, 5.74) is 10.5. The molecule has 0 bridgehead atoms. The highest BCUT2D eigenvalue weighted by molar-refractivity contribution is 6.28. The Bertz CT molecular complexity index is 3100. The van der Waals surface area contributed by atoms with E-state index in [-0.39, 0.29) is 0 Å². The average Bonchev–Trinajstić information content (AvgIpc) is 3.80. The number of fused-ring (bicyclic) bond motifs is 8. The molecule has 0 radical (unpaired) electrons. The topological polar surface area (TPSA) is 26.3 Å². The Morgan fingerprint density at radius 3 is 1.44 bits per heavy atom. The Kier molecular flexibility index (Phi) is 6.28. The standard InChI is InChI=1S/C50H30O2/c1-3-16-32(17-4-1)44-48-43(51-49(44)33-18-5-2-6-19-33)30-29-42-47(48)41-28-14-27-40(50(41)52-42)46-38-24-11-9-22-36(38)45(37-23-10-12-25-39(37)46)35-26-13-20-31-15-7-8-21-34(31)35/h1-30H. The SMILES string of the molecule is c1ccc(-c2oc3ccc4oc5c(-c6c7ccccc7c(-c7cccc8ccccc78)c7ccccc67)cccc5c4c3c2-c2ccccc2)cc1. The quantitative estimate of drug-likeness (QED) is 0.175. The van der Waals surface area contributed by atoms with E-state index in [0.717, 1.165) is 60.9 Å². The predicted molar refractivity (Wildman–Crippen MR) is 218 cm³/mol. The number of furan rings is 2. The number of hydrogen-bond acceptors (Lipinski definition) is 2. The van der Waals surface area contributed by atoms with Crippen molar-refractivity contribution in [1.82, 2.24) is 0 Å². The fourth-order valence-electron chi connectivity index (χ4n) is 8.50. The molecular formula is C50H30O2. The zero-order valence-corrected chi connectivity index (χ0v) is 28.1. The van der Waals surface area contributed by atoms with E-state index in [4.69, 9.17) is 8.83 Å². The van der Waals surface area contributed by atoms with Crippen molar-refractivity contribution in [1.29, 1.82) is 0 Å². The average molecular weight is 663 g/mol. The van der Waals surface area contributed by atoms with Gasteiger partial charge in [-0.25, -0.2) is 0 Å². The molecule has 2 nitrogen and oxygen atoms in total. The molecule has 11 rings (SSSR count). The van der Waals surface area contributed by atoms with Crippen LogP contribution < -0.4 is 0 Å². The molecule has 0 unspecified atom stereocenters. The molecule has 0 atom stereocenters. The fourth-order valence-corrected chi connectivity index (χ4v) is 8.50. The van der Waals surface area contributed by atoms with E-state index in [2.05, 4.69) is 176 Å². The van der Waals surface area contributed by atoms with Crippen LogP contribution in [0.1, 0.15) is 0 Å².